The van der Waals surface area contributed by atoms with Crippen LogP contribution in [0, 0.1) is 11.6 Å². The molecule has 0 spiro atoms. The summed E-state index contributed by atoms with van der Waals surface area (Å²) in [5.74, 6) is -1.28. The Morgan fingerprint density at radius 2 is 1.79 bits per heavy atom. The Hall–Kier alpha value is -1.47. The lowest BCUT2D eigenvalue weighted by Gasteiger charge is -2.18. The van der Waals surface area contributed by atoms with Crippen LogP contribution in [0.25, 0.3) is 0 Å². The summed E-state index contributed by atoms with van der Waals surface area (Å²) in [5, 5.41) is 2.59. The van der Waals surface area contributed by atoms with Crippen LogP contribution in [0.5, 0.6) is 0 Å². The van der Waals surface area contributed by atoms with Gasteiger partial charge in [0, 0.05) is 40.4 Å². The van der Waals surface area contributed by atoms with Gasteiger partial charge in [-0.1, -0.05) is 0 Å². The third-order valence-electron chi connectivity index (χ3n) is 3.27. The van der Waals surface area contributed by atoms with Gasteiger partial charge < -0.3 is 19.7 Å². The number of ether oxygens (including phenoxy) is 2. The van der Waals surface area contributed by atoms with Crippen LogP contribution in [-0.4, -0.2) is 51.5 Å². The van der Waals surface area contributed by atoms with E-state index < -0.39 is 11.6 Å². The number of methoxy groups -OCH3 is 2. The van der Waals surface area contributed by atoms with E-state index in [1.807, 2.05) is 0 Å². The topological polar surface area (TPSA) is 46.6 Å². The van der Waals surface area contributed by atoms with Gasteiger partial charge in [0.25, 0.3) is 0 Å². The first-order valence-corrected chi connectivity index (χ1v) is 5.95. The molecule has 0 saturated carbocycles. The molecule has 1 aromatic heterocycles. The van der Waals surface area contributed by atoms with E-state index in [1.54, 1.807) is 19.1 Å². The molecule has 106 valence electrons. The smallest absolute Gasteiger partial charge is 0.168 e. The molecule has 0 bridgehead atoms. The lowest BCUT2D eigenvalue weighted by atomic mass is 10.3. The maximum Gasteiger partial charge on any atom is 0.168 e. The highest BCUT2D eigenvalue weighted by atomic mass is 19.1. The predicted molar refractivity (Wildman–Crippen MR) is 67.5 cm³/mol. The van der Waals surface area contributed by atoms with Gasteiger partial charge in [-0.2, -0.15) is 0 Å². The first kappa shape index (κ1) is 14.0. The summed E-state index contributed by atoms with van der Waals surface area (Å²) < 4.78 is 37.8. The molecule has 0 amide bonds. The van der Waals surface area contributed by atoms with Crippen molar-refractivity contribution in [3.05, 3.63) is 17.7 Å². The number of nitrogens with zero attached hydrogens (tertiary/aromatic N) is 2. The second kappa shape index (κ2) is 5.66. The molecule has 5 nitrogen and oxygen atoms in total. The average molecular weight is 273 g/mol. The number of hydrogen-bond acceptors (Lipinski definition) is 5. The molecular weight excluding hydrogens is 256 g/mol. The molecule has 2 unspecified atom stereocenters. The van der Waals surface area contributed by atoms with Crippen molar-refractivity contribution >= 4 is 11.6 Å². The van der Waals surface area contributed by atoms with Gasteiger partial charge in [-0.15, -0.1) is 0 Å². The maximum atomic E-state index is 13.8. The lowest BCUT2D eigenvalue weighted by Crippen LogP contribution is -2.27. The SMILES string of the molecule is CNc1nc(N2CC(OC)C(OC)C2)c(F)cc1F. The molecule has 0 aliphatic carbocycles. The number of halogens is 2. The number of pyridine rings is 1. The number of nitrogens with one attached hydrogen (secondary N) is 1. The molecule has 1 N–H and O–H groups in total. The van der Waals surface area contributed by atoms with E-state index >= 15 is 0 Å². The molecule has 2 heterocycles. The fourth-order valence-electron chi connectivity index (χ4n) is 2.22. The zero-order valence-electron chi connectivity index (χ0n) is 11.1. The lowest BCUT2D eigenvalue weighted by molar-refractivity contribution is -0.00461. The molecule has 1 aliphatic heterocycles. The van der Waals surface area contributed by atoms with E-state index in [0.717, 1.165) is 6.07 Å². The van der Waals surface area contributed by atoms with Crippen molar-refractivity contribution in [2.45, 2.75) is 12.2 Å². The zero-order chi connectivity index (χ0) is 14.0. The Bertz CT molecular complexity index is 447. The van der Waals surface area contributed by atoms with Gasteiger partial charge in [0.1, 0.15) is 12.2 Å². The summed E-state index contributed by atoms with van der Waals surface area (Å²) in [5.41, 5.74) is 0. The molecule has 0 aromatic carbocycles. The number of aromatic nitrogens is 1. The third-order valence-corrected chi connectivity index (χ3v) is 3.27. The van der Waals surface area contributed by atoms with Crippen LogP contribution in [-0.2, 0) is 9.47 Å². The van der Waals surface area contributed by atoms with Gasteiger partial charge in [-0.25, -0.2) is 13.8 Å². The quantitative estimate of drug-likeness (QED) is 0.894. The highest BCUT2D eigenvalue weighted by Crippen LogP contribution is 2.27. The fraction of sp³-hybridized carbons (Fsp3) is 0.583. The molecule has 1 fully saturated rings. The van der Waals surface area contributed by atoms with Crippen molar-refractivity contribution in [2.24, 2.45) is 0 Å². The van der Waals surface area contributed by atoms with Crippen molar-refractivity contribution in [1.29, 1.82) is 0 Å². The average Bonchev–Trinajstić information content (AvgIpc) is 2.82. The standard InChI is InChI=1S/C12H17F2N3O2/c1-15-11-7(13)4-8(14)12(16-11)17-5-9(18-2)10(6-17)19-3/h4,9-10H,5-6H2,1-3H3,(H,15,16). The van der Waals surface area contributed by atoms with Crippen molar-refractivity contribution in [3.63, 3.8) is 0 Å². The molecule has 1 saturated heterocycles. The van der Waals surface area contributed by atoms with Gasteiger partial charge in [0.05, 0.1) is 0 Å². The highest BCUT2D eigenvalue weighted by Gasteiger charge is 2.35. The minimum atomic E-state index is -0.713. The number of hydrogen-bond donors (Lipinski definition) is 1. The van der Waals surface area contributed by atoms with E-state index in [2.05, 4.69) is 10.3 Å². The summed E-state index contributed by atoms with van der Waals surface area (Å²) in [6.07, 6.45) is -0.316. The maximum absolute atomic E-state index is 13.8. The molecule has 1 aromatic rings. The van der Waals surface area contributed by atoms with E-state index in [1.165, 1.54) is 7.05 Å². The second-order valence-corrected chi connectivity index (χ2v) is 4.33. The molecule has 2 rings (SSSR count). The Kier molecular flexibility index (Phi) is 4.16. The minimum absolute atomic E-state index is 0.0197. The second-order valence-electron chi connectivity index (χ2n) is 4.33. The van der Waals surface area contributed by atoms with Crippen LogP contribution in [0.2, 0.25) is 0 Å². The van der Waals surface area contributed by atoms with Crippen LogP contribution in [0.15, 0.2) is 6.07 Å². The van der Waals surface area contributed by atoms with E-state index in [-0.39, 0.29) is 23.8 Å². The van der Waals surface area contributed by atoms with Crippen molar-refractivity contribution in [1.82, 2.24) is 4.98 Å². The summed E-state index contributed by atoms with van der Waals surface area (Å²) >= 11 is 0. The van der Waals surface area contributed by atoms with Crippen molar-refractivity contribution in [3.8, 4) is 0 Å². The van der Waals surface area contributed by atoms with Crippen molar-refractivity contribution in [2.75, 3.05) is 44.6 Å². The molecule has 1 aliphatic rings. The molecule has 7 heteroatoms. The Morgan fingerprint density at radius 3 is 2.26 bits per heavy atom. The van der Waals surface area contributed by atoms with Gasteiger partial charge >= 0.3 is 0 Å². The summed E-state index contributed by atoms with van der Waals surface area (Å²) in [4.78, 5) is 5.66. The zero-order valence-corrected chi connectivity index (χ0v) is 11.1. The molecular formula is C12H17F2N3O2. The summed E-state index contributed by atoms with van der Waals surface area (Å²) in [6, 6.07) is 0.829. The summed E-state index contributed by atoms with van der Waals surface area (Å²) in [6.45, 7) is 0.904. The molecule has 0 radical (unpaired) electrons. The Morgan fingerprint density at radius 1 is 1.21 bits per heavy atom. The third kappa shape index (κ3) is 2.62. The Labute approximate surface area is 110 Å². The summed E-state index contributed by atoms with van der Waals surface area (Å²) in [7, 11) is 4.69. The predicted octanol–water partition coefficient (Wildman–Crippen LogP) is 1.25. The first-order chi connectivity index (χ1) is 9.10. The van der Waals surface area contributed by atoms with Gasteiger partial charge in [-0.3, -0.25) is 0 Å². The molecule has 19 heavy (non-hydrogen) atoms. The minimum Gasteiger partial charge on any atom is -0.377 e. The number of rotatable bonds is 4. The highest BCUT2D eigenvalue weighted by molar-refractivity contribution is 5.50. The van der Waals surface area contributed by atoms with Gasteiger partial charge in [0.2, 0.25) is 0 Å². The van der Waals surface area contributed by atoms with Crippen LogP contribution >= 0.6 is 0 Å². The van der Waals surface area contributed by atoms with Crippen LogP contribution in [0.4, 0.5) is 20.4 Å². The monoisotopic (exact) mass is 273 g/mol. The van der Waals surface area contributed by atoms with Gasteiger partial charge in [0.15, 0.2) is 23.3 Å². The van der Waals surface area contributed by atoms with Gasteiger partial charge in [-0.05, 0) is 0 Å². The van der Waals surface area contributed by atoms with Crippen LogP contribution < -0.4 is 10.2 Å². The van der Waals surface area contributed by atoms with E-state index in [0.29, 0.717) is 13.1 Å². The number of anilines is 2. The van der Waals surface area contributed by atoms with Crippen molar-refractivity contribution < 1.29 is 18.3 Å². The molecule has 2 atom stereocenters. The largest absolute Gasteiger partial charge is 0.377 e. The fourth-order valence-corrected chi connectivity index (χ4v) is 2.22. The van der Waals surface area contributed by atoms with Crippen LogP contribution in [0.1, 0.15) is 0 Å². The van der Waals surface area contributed by atoms with E-state index in [4.69, 9.17) is 9.47 Å². The first-order valence-electron chi connectivity index (χ1n) is 5.95. The van der Waals surface area contributed by atoms with Crippen LogP contribution in [0.3, 0.4) is 0 Å². The van der Waals surface area contributed by atoms with E-state index in [9.17, 15) is 8.78 Å². The Balaban J connectivity index is 2.28. The normalized spacial score (nSPS) is 22.9.